The number of esters is 1. The number of carbonyl (C=O) groups excluding carboxylic acids is 2. The van der Waals surface area contributed by atoms with Gasteiger partial charge in [0.2, 0.25) is 0 Å². The van der Waals surface area contributed by atoms with Crippen LogP contribution in [-0.2, 0) is 14.3 Å². The van der Waals surface area contributed by atoms with Crippen LogP contribution in [0.1, 0.15) is 105 Å². The first-order valence-electron chi connectivity index (χ1n) is 15.1. The lowest BCUT2D eigenvalue weighted by Gasteiger charge is -2.62. The van der Waals surface area contributed by atoms with E-state index < -0.39 is 0 Å². The lowest BCUT2D eigenvalue weighted by molar-refractivity contribution is -0.174. The molecule has 0 aromatic carbocycles. The van der Waals surface area contributed by atoms with E-state index in [0.717, 1.165) is 38.5 Å². The van der Waals surface area contributed by atoms with Crippen molar-refractivity contribution < 1.29 is 24.5 Å². The summed E-state index contributed by atoms with van der Waals surface area (Å²) in [5.41, 5.74) is 0.517. The smallest absolute Gasteiger partial charge is 0.306 e. The number of hydrogen-bond acceptors (Lipinski definition) is 5. The maximum absolute atomic E-state index is 13.1. The summed E-state index contributed by atoms with van der Waals surface area (Å²) in [6, 6.07) is 0. The van der Waals surface area contributed by atoms with Crippen molar-refractivity contribution in [3.8, 4) is 0 Å². The molecule has 4 saturated carbocycles. The molecule has 0 aromatic rings. The van der Waals surface area contributed by atoms with Crippen molar-refractivity contribution in [2.45, 2.75) is 117 Å². The van der Waals surface area contributed by atoms with E-state index >= 15 is 0 Å². The largest absolute Gasteiger partial charge is 0.466 e. The zero-order valence-electron chi connectivity index (χ0n) is 23.1. The Bertz CT molecular complexity index is 841. The number of Topliss-reactive ketones (excluding diaryl/α,β-unsaturated/α-hetero) is 1. The van der Waals surface area contributed by atoms with Gasteiger partial charge in [0, 0.05) is 18.8 Å². The molecule has 5 fully saturated rings. The van der Waals surface area contributed by atoms with Crippen molar-refractivity contribution in [1.29, 1.82) is 0 Å². The summed E-state index contributed by atoms with van der Waals surface area (Å²) < 4.78 is 5.07. The fraction of sp³-hybridized carbons (Fsp3) is 0.935. The van der Waals surface area contributed by atoms with Crippen molar-refractivity contribution in [2.75, 3.05) is 6.61 Å². The highest BCUT2D eigenvalue weighted by Gasteiger charge is 2.62. The van der Waals surface area contributed by atoms with Gasteiger partial charge in [-0.25, -0.2) is 0 Å². The molecule has 204 valence electrons. The Balaban J connectivity index is 1.23. The van der Waals surface area contributed by atoms with Crippen LogP contribution in [0.2, 0.25) is 0 Å². The van der Waals surface area contributed by atoms with E-state index in [0.29, 0.717) is 60.7 Å². The molecule has 0 amide bonds. The standard InChI is InChI=1S/C31H50O5/c1-18(5-8-26(33)19(2)20-11-14-36-28(35)15-20)23-6-7-24-29-25(10-13-31(23,24)4)30(3)12-9-22(32)16-21(30)17-27(29)34/h18-25,27,29,32,34H,5-17H2,1-4H3. The van der Waals surface area contributed by atoms with Crippen LogP contribution in [0.5, 0.6) is 0 Å². The van der Waals surface area contributed by atoms with Crippen molar-refractivity contribution >= 4 is 11.8 Å². The highest BCUT2D eigenvalue weighted by molar-refractivity contribution is 5.82. The summed E-state index contributed by atoms with van der Waals surface area (Å²) in [6.45, 7) is 9.80. The molecule has 12 unspecified atom stereocenters. The summed E-state index contributed by atoms with van der Waals surface area (Å²) in [6.07, 6.45) is 10.9. The first-order chi connectivity index (χ1) is 17.0. The molecule has 5 heteroatoms. The number of hydrogen-bond donors (Lipinski definition) is 2. The van der Waals surface area contributed by atoms with Crippen molar-refractivity contribution in [3.63, 3.8) is 0 Å². The molecule has 1 heterocycles. The van der Waals surface area contributed by atoms with E-state index in [1.54, 1.807) is 0 Å². The van der Waals surface area contributed by atoms with Gasteiger partial charge < -0.3 is 14.9 Å². The van der Waals surface area contributed by atoms with E-state index in [2.05, 4.69) is 20.8 Å². The zero-order chi connectivity index (χ0) is 25.8. The number of cyclic esters (lactones) is 1. The van der Waals surface area contributed by atoms with E-state index in [4.69, 9.17) is 4.74 Å². The number of ether oxygens (including phenoxy) is 1. The van der Waals surface area contributed by atoms with Gasteiger partial charge >= 0.3 is 5.97 Å². The second-order valence-electron chi connectivity index (χ2n) is 14.2. The first kappa shape index (κ1) is 26.7. The third-order valence-electron chi connectivity index (χ3n) is 12.7. The number of rotatable bonds is 6. The molecular weight excluding hydrogens is 452 g/mol. The van der Waals surface area contributed by atoms with Crippen LogP contribution in [0.4, 0.5) is 0 Å². The molecule has 0 aromatic heterocycles. The van der Waals surface area contributed by atoms with Crippen LogP contribution < -0.4 is 0 Å². The molecule has 0 bridgehead atoms. The Morgan fingerprint density at radius 2 is 1.72 bits per heavy atom. The third-order valence-corrected chi connectivity index (χ3v) is 12.7. The van der Waals surface area contributed by atoms with Crippen LogP contribution in [0, 0.1) is 58.2 Å². The second kappa shape index (κ2) is 9.98. The van der Waals surface area contributed by atoms with Gasteiger partial charge in [-0.2, -0.15) is 0 Å². The summed E-state index contributed by atoms with van der Waals surface area (Å²) in [5.74, 6) is 3.34. The lowest BCUT2D eigenvalue weighted by Crippen LogP contribution is -2.58. The molecule has 0 radical (unpaired) electrons. The van der Waals surface area contributed by atoms with E-state index in [-0.39, 0.29) is 40.8 Å². The highest BCUT2D eigenvalue weighted by atomic mass is 16.5. The third kappa shape index (κ3) is 4.48. The van der Waals surface area contributed by atoms with Crippen molar-refractivity contribution in [1.82, 2.24) is 0 Å². The fourth-order valence-electron chi connectivity index (χ4n) is 10.4. The van der Waals surface area contributed by atoms with Gasteiger partial charge in [-0.15, -0.1) is 0 Å². The molecule has 0 spiro atoms. The summed E-state index contributed by atoms with van der Waals surface area (Å²) >= 11 is 0. The molecular formula is C31H50O5. The SMILES string of the molecule is CC(CCC(=O)C(C)C1CCOC(=O)C1)C1CCC2C3C(O)CC4CC(O)CCC4(C)C3CCC12C. The van der Waals surface area contributed by atoms with Gasteiger partial charge in [-0.1, -0.05) is 27.7 Å². The quantitative estimate of drug-likeness (QED) is 0.465. The molecule has 2 N–H and O–H groups in total. The van der Waals surface area contributed by atoms with Gasteiger partial charge in [0.15, 0.2) is 0 Å². The summed E-state index contributed by atoms with van der Waals surface area (Å²) in [7, 11) is 0. The summed E-state index contributed by atoms with van der Waals surface area (Å²) in [5, 5.41) is 21.8. The first-order valence-corrected chi connectivity index (χ1v) is 15.1. The van der Waals surface area contributed by atoms with Crippen LogP contribution in [-0.4, -0.2) is 40.8 Å². The van der Waals surface area contributed by atoms with Crippen LogP contribution in [0.25, 0.3) is 0 Å². The van der Waals surface area contributed by atoms with Gasteiger partial charge in [0.05, 0.1) is 18.8 Å². The lowest BCUT2D eigenvalue weighted by atomic mass is 9.43. The van der Waals surface area contributed by atoms with E-state index in [1.165, 1.54) is 25.7 Å². The second-order valence-corrected chi connectivity index (χ2v) is 14.2. The van der Waals surface area contributed by atoms with Crippen LogP contribution in [0.3, 0.4) is 0 Å². The van der Waals surface area contributed by atoms with E-state index in [9.17, 15) is 19.8 Å². The molecule has 5 rings (SSSR count). The molecule has 5 nitrogen and oxygen atoms in total. The Morgan fingerprint density at radius 1 is 1.00 bits per heavy atom. The normalized spacial score (nSPS) is 48.2. The Morgan fingerprint density at radius 3 is 2.47 bits per heavy atom. The highest BCUT2D eigenvalue weighted by Crippen LogP contribution is 2.68. The van der Waals surface area contributed by atoms with Gasteiger partial charge in [-0.3, -0.25) is 9.59 Å². The molecule has 1 saturated heterocycles. The van der Waals surface area contributed by atoms with E-state index in [1.807, 2.05) is 6.92 Å². The predicted molar refractivity (Wildman–Crippen MR) is 139 cm³/mol. The van der Waals surface area contributed by atoms with Gasteiger partial charge in [0.1, 0.15) is 5.78 Å². The van der Waals surface area contributed by atoms with Crippen LogP contribution in [0.15, 0.2) is 0 Å². The average molecular weight is 503 g/mol. The molecule has 36 heavy (non-hydrogen) atoms. The monoisotopic (exact) mass is 502 g/mol. The fourth-order valence-corrected chi connectivity index (χ4v) is 10.4. The number of carbonyl (C=O) groups is 2. The van der Waals surface area contributed by atoms with Gasteiger partial charge in [-0.05, 0) is 116 Å². The zero-order valence-corrected chi connectivity index (χ0v) is 23.1. The minimum absolute atomic E-state index is 0.0625. The van der Waals surface area contributed by atoms with Crippen LogP contribution >= 0.6 is 0 Å². The van der Waals surface area contributed by atoms with Gasteiger partial charge in [0.25, 0.3) is 0 Å². The molecule has 1 aliphatic heterocycles. The topological polar surface area (TPSA) is 83.8 Å². The predicted octanol–water partition coefficient (Wildman–Crippen LogP) is 5.55. The summed E-state index contributed by atoms with van der Waals surface area (Å²) in [4.78, 5) is 24.7. The molecule has 5 aliphatic rings. The minimum atomic E-state index is -0.235. The Hall–Kier alpha value is -0.940. The molecule has 4 aliphatic carbocycles. The Labute approximate surface area is 218 Å². The number of fused-ring (bicyclic) bond motifs is 5. The minimum Gasteiger partial charge on any atom is -0.466 e. The average Bonchev–Trinajstić information content (AvgIpc) is 3.20. The number of aliphatic hydroxyl groups excluding tert-OH is 2. The Kier molecular flexibility index (Phi) is 7.39. The number of ketones is 1. The van der Waals surface area contributed by atoms with Crippen molar-refractivity contribution in [3.05, 3.63) is 0 Å². The number of aliphatic hydroxyl groups is 2. The molecule has 12 atom stereocenters. The maximum atomic E-state index is 13.1. The maximum Gasteiger partial charge on any atom is 0.306 e. The van der Waals surface area contributed by atoms with Crippen molar-refractivity contribution in [2.24, 2.45) is 58.2 Å².